The van der Waals surface area contributed by atoms with Crippen LogP contribution >= 0.6 is 35.3 Å². The number of nitrogens with zero attached hydrogens (tertiary/aromatic N) is 5. The molecular formula is C17H33IN6S. The molecule has 8 heteroatoms. The second-order valence-electron chi connectivity index (χ2n) is 6.22. The number of anilines is 1. The molecule has 0 amide bonds. The van der Waals surface area contributed by atoms with Crippen molar-refractivity contribution < 1.29 is 0 Å². The number of guanidine groups is 1. The molecule has 1 aromatic heterocycles. The topological polar surface area (TPSA) is 61.0 Å². The van der Waals surface area contributed by atoms with Crippen molar-refractivity contribution in [2.45, 2.75) is 33.1 Å². The highest BCUT2D eigenvalue weighted by atomic mass is 127. The monoisotopic (exact) mass is 480 g/mol. The van der Waals surface area contributed by atoms with Gasteiger partial charge in [-0.2, -0.15) is 0 Å². The van der Waals surface area contributed by atoms with Gasteiger partial charge in [-0.05, 0) is 38.9 Å². The van der Waals surface area contributed by atoms with E-state index in [4.69, 9.17) is 5.73 Å². The Morgan fingerprint density at radius 1 is 1.20 bits per heavy atom. The van der Waals surface area contributed by atoms with E-state index in [1.54, 1.807) is 11.3 Å². The molecule has 0 atom stereocenters. The van der Waals surface area contributed by atoms with Gasteiger partial charge in [0.25, 0.3) is 0 Å². The van der Waals surface area contributed by atoms with Gasteiger partial charge in [-0.3, -0.25) is 4.99 Å². The minimum absolute atomic E-state index is 0. The van der Waals surface area contributed by atoms with Crippen molar-refractivity contribution in [3.63, 3.8) is 0 Å². The number of hydrogen-bond acceptors (Lipinski definition) is 5. The molecule has 1 aliphatic rings. The van der Waals surface area contributed by atoms with Crippen molar-refractivity contribution in [2.24, 2.45) is 10.7 Å². The molecule has 2 heterocycles. The predicted molar refractivity (Wildman–Crippen MR) is 119 cm³/mol. The fourth-order valence-electron chi connectivity index (χ4n) is 3.05. The summed E-state index contributed by atoms with van der Waals surface area (Å²) in [4.78, 5) is 16.0. The molecule has 2 N–H and O–H groups in total. The molecule has 1 fully saturated rings. The minimum Gasteiger partial charge on any atom is -0.370 e. The molecule has 25 heavy (non-hydrogen) atoms. The molecule has 0 unspecified atom stereocenters. The first-order valence-corrected chi connectivity index (χ1v) is 10.0. The molecule has 1 aromatic rings. The second kappa shape index (κ2) is 12.7. The Bertz CT molecular complexity index is 467. The average Bonchev–Trinajstić information content (AvgIpc) is 3.13. The fourth-order valence-corrected chi connectivity index (χ4v) is 3.75. The van der Waals surface area contributed by atoms with Crippen LogP contribution in [-0.2, 0) is 0 Å². The number of thiazole rings is 1. The Labute approximate surface area is 173 Å². The number of aromatic nitrogens is 1. The van der Waals surface area contributed by atoms with E-state index in [2.05, 4.69) is 38.5 Å². The largest absolute Gasteiger partial charge is 0.370 e. The minimum atomic E-state index is 0. The normalized spacial score (nSPS) is 15.6. The van der Waals surface area contributed by atoms with E-state index >= 15 is 0 Å². The molecule has 0 bridgehead atoms. The highest BCUT2D eigenvalue weighted by molar-refractivity contribution is 14.0. The first-order chi connectivity index (χ1) is 11.7. The highest BCUT2D eigenvalue weighted by Crippen LogP contribution is 2.18. The molecule has 0 aliphatic carbocycles. The molecule has 144 valence electrons. The van der Waals surface area contributed by atoms with E-state index in [9.17, 15) is 0 Å². The number of hydrogen-bond donors (Lipinski definition) is 1. The third-order valence-corrected chi connectivity index (χ3v) is 5.11. The molecule has 0 aromatic carbocycles. The molecule has 0 saturated carbocycles. The van der Waals surface area contributed by atoms with E-state index in [0.717, 1.165) is 50.8 Å². The molecule has 2 rings (SSSR count). The van der Waals surface area contributed by atoms with E-state index in [-0.39, 0.29) is 24.0 Å². The van der Waals surface area contributed by atoms with E-state index in [1.807, 2.05) is 11.6 Å². The van der Waals surface area contributed by atoms with Crippen molar-refractivity contribution in [2.75, 3.05) is 57.3 Å². The Morgan fingerprint density at radius 3 is 2.44 bits per heavy atom. The van der Waals surface area contributed by atoms with Crippen molar-refractivity contribution in [3.05, 3.63) is 11.6 Å². The van der Waals surface area contributed by atoms with Gasteiger partial charge in [0.05, 0.1) is 0 Å². The summed E-state index contributed by atoms with van der Waals surface area (Å²) in [5, 5.41) is 3.13. The van der Waals surface area contributed by atoms with Crippen LogP contribution in [0.3, 0.4) is 0 Å². The maximum absolute atomic E-state index is 6.18. The van der Waals surface area contributed by atoms with Crippen LogP contribution in [0.15, 0.2) is 16.6 Å². The lowest BCUT2D eigenvalue weighted by atomic mass is 10.3. The Balaban J connectivity index is 0.00000312. The van der Waals surface area contributed by atoms with Crippen LogP contribution in [0.25, 0.3) is 0 Å². The summed E-state index contributed by atoms with van der Waals surface area (Å²) in [7, 11) is 0. The Morgan fingerprint density at radius 2 is 1.88 bits per heavy atom. The molecule has 1 aliphatic heterocycles. The third-order valence-electron chi connectivity index (χ3n) is 4.28. The lowest BCUT2D eigenvalue weighted by molar-refractivity contribution is 0.273. The SMILES string of the molecule is CCCN(CCC)CCCN=C(N)N1CCN(c2nccs2)CC1.I. The van der Waals surface area contributed by atoms with Crippen LogP contribution in [0, 0.1) is 0 Å². The average molecular weight is 480 g/mol. The zero-order valence-electron chi connectivity index (χ0n) is 15.6. The molecular weight excluding hydrogens is 447 g/mol. The first-order valence-electron chi connectivity index (χ1n) is 9.16. The zero-order valence-corrected chi connectivity index (χ0v) is 18.7. The number of piperazine rings is 1. The van der Waals surface area contributed by atoms with Gasteiger partial charge in [0, 0.05) is 44.3 Å². The third kappa shape index (κ3) is 7.65. The zero-order chi connectivity index (χ0) is 17.2. The molecule has 1 saturated heterocycles. The van der Waals surface area contributed by atoms with Crippen LogP contribution in [0.1, 0.15) is 33.1 Å². The number of nitrogens with two attached hydrogens (primary N) is 1. The number of rotatable bonds is 9. The molecule has 0 radical (unpaired) electrons. The number of halogens is 1. The Kier molecular flexibility index (Phi) is 11.4. The quantitative estimate of drug-likeness (QED) is 0.255. The van der Waals surface area contributed by atoms with Gasteiger partial charge < -0.3 is 20.4 Å². The van der Waals surface area contributed by atoms with Gasteiger partial charge in [0.2, 0.25) is 0 Å². The standard InChI is InChI=1S/C17H32N6S.HI/c1-3-8-21(9-4-2)10-5-6-19-16(18)22-11-13-23(14-12-22)17-20-7-15-24-17;/h7,15H,3-6,8-14H2,1-2H3,(H2,18,19);1H. The van der Waals surface area contributed by atoms with Gasteiger partial charge in [-0.15, -0.1) is 35.3 Å². The summed E-state index contributed by atoms with van der Waals surface area (Å²) in [6, 6.07) is 0. The van der Waals surface area contributed by atoms with E-state index in [1.165, 1.54) is 25.9 Å². The predicted octanol–water partition coefficient (Wildman–Crippen LogP) is 2.71. The summed E-state index contributed by atoms with van der Waals surface area (Å²) >= 11 is 1.70. The van der Waals surface area contributed by atoms with Gasteiger partial charge in [0.1, 0.15) is 0 Å². The van der Waals surface area contributed by atoms with Crippen LogP contribution in [0.5, 0.6) is 0 Å². The molecule has 0 spiro atoms. The van der Waals surface area contributed by atoms with Crippen molar-refractivity contribution >= 4 is 46.4 Å². The summed E-state index contributed by atoms with van der Waals surface area (Å²) in [6.45, 7) is 12.6. The van der Waals surface area contributed by atoms with E-state index < -0.39 is 0 Å². The van der Waals surface area contributed by atoms with Crippen molar-refractivity contribution in [1.29, 1.82) is 0 Å². The summed E-state index contributed by atoms with van der Waals surface area (Å²) in [6.07, 6.45) is 5.38. The Hall–Kier alpha value is -0.610. The molecule has 6 nitrogen and oxygen atoms in total. The lowest BCUT2D eigenvalue weighted by Gasteiger charge is -2.35. The van der Waals surface area contributed by atoms with Crippen LogP contribution in [0.2, 0.25) is 0 Å². The fraction of sp³-hybridized carbons (Fsp3) is 0.765. The van der Waals surface area contributed by atoms with Gasteiger partial charge in [0.15, 0.2) is 11.1 Å². The number of aliphatic imine (C=N–C) groups is 1. The van der Waals surface area contributed by atoms with Gasteiger partial charge >= 0.3 is 0 Å². The van der Waals surface area contributed by atoms with Crippen LogP contribution in [-0.4, -0.2) is 73.1 Å². The van der Waals surface area contributed by atoms with Crippen LogP contribution < -0.4 is 10.6 Å². The lowest BCUT2D eigenvalue weighted by Crippen LogP contribution is -2.51. The maximum atomic E-state index is 6.18. The van der Waals surface area contributed by atoms with Gasteiger partial charge in [-0.25, -0.2) is 4.98 Å². The van der Waals surface area contributed by atoms with Crippen LogP contribution in [0.4, 0.5) is 5.13 Å². The van der Waals surface area contributed by atoms with Crippen molar-refractivity contribution in [3.8, 4) is 0 Å². The van der Waals surface area contributed by atoms with E-state index in [0.29, 0.717) is 5.96 Å². The summed E-state index contributed by atoms with van der Waals surface area (Å²) in [5.74, 6) is 0.700. The summed E-state index contributed by atoms with van der Waals surface area (Å²) in [5.41, 5.74) is 6.18. The van der Waals surface area contributed by atoms with Gasteiger partial charge in [-0.1, -0.05) is 13.8 Å². The smallest absolute Gasteiger partial charge is 0.191 e. The van der Waals surface area contributed by atoms with Crippen molar-refractivity contribution in [1.82, 2.24) is 14.8 Å². The first kappa shape index (κ1) is 22.4. The maximum Gasteiger partial charge on any atom is 0.191 e. The summed E-state index contributed by atoms with van der Waals surface area (Å²) < 4.78 is 0. The highest BCUT2D eigenvalue weighted by Gasteiger charge is 2.19. The second-order valence-corrected chi connectivity index (χ2v) is 7.10.